The first-order valence-corrected chi connectivity index (χ1v) is 7.44. The first-order chi connectivity index (χ1) is 10.2. The number of hydrazine groups is 1. The van der Waals surface area contributed by atoms with Crippen LogP contribution in [0.5, 0.6) is 0 Å². The molecule has 2 fully saturated rings. The smallest absolute Gasteiger partial charge is 0.229 e. The van der Waals surface area contributed by atoms with E-state index in [9.17, 15) is 9.18 Å². The third kappa shape index (κ3) is 2.92. The quantitative estimate of drug-likeness (QED) is 0.744. The number of nitrogens with two attached hydrogens (primary N) is 1. The molecule has 0 aliphatic carbocycles. The highest BCUT2D eigenvalue weighted by Gasteiger charge is 2.38. The number of nitrogens with one attached hydrogen (secondary N) is 2. The molecule has 3 unspecified atom stereocenters. The van der Waals surface area contributed by atoms with Gasteiger partial charge in [0.1, 0.15) is 5.82 Å². The molecule has 1 amide bonds. The van der Waals surface area contributed by atoms with Crippen LogP contribution in [0.15, 0.2) is 24.3 Å². The lowest BCUT2D eigenvalue weighted by Gasteiger charge is -2.33. The second-order valence-electron chi connectivity index (χ2n) is 5.82. The Hall–Kier alpha value is -1.50. The first-order valence-electron chi connectivity index (χ1n) is 7.44. The van der Waals surface area contributed by atoms with Crippen molar-refractivity contribution < 1.29 is 9.18 Å². The number of hydrogen-bond acceptors (Lipinski definition) is 4. The summed E-state index contributed by atoms with van der Waals surface area (Å²) >= 11 is 0. The molecule has 0 aromatic heterocycles. The van der Waals surface area contributed by atoms with Gasteiger partial charge in [-0.25, -0.2) is 9.82 Å². The monoisotopic (exact) mass is 292 g/mol. The van der Waals surface area contributed by atoms with E-state index in [0.29, 0.717) is 18.7 Å². The summed E-state index contributed by atoms with van der Waals surface area (Å²) in [5, 5.41) is 0. The number of carbonyl (C=O) groups excluding carboxylic acids is 1. The maximum Gasteiger partial charge on any atom is 0.229 e. The molecule has 0 spiro atoms. The average molecular weight is 292 g/mol. The third-order valence-electron chi connectivity index (χ3n) is 4.31. The van der Waals surface area contributed by atoms with Crippen molar-refractivity contribution in [2.24, 2.45) is 11.7 Å². The minimum absolute atomic E-state index is 0.0518. The summed E-state index contributed by atoms with van der Waals surface area (Å²) < 4.78 is 14.0. The Morgan fingerprint density at radius 1 is 1.38 bits per heavy atom. The predicted molar refractivity (Wildman–Crippen MR) is 77.6 cm³/mol. The van der Waals surface area contributed by atoms with Crippen molar-refractivity contribution >= 4 is 5.91 Å². The van der Waals surface area contributed by atoms with E-state index in [4.69, 9.17) is 5.73 Å². The fourth-order valence-corrected chi connectivity index (χ4v) is 3.19. The highest BCUT2D eigenvalue weighted by atomic mass is 19.1. The van der Waals surface area contributed by atoms with Crippen LogP contribution in [-0.2, 0) is 4.79 Å². The number of amides is 1. The van der Waals surface area contributed by atoms with E-state index in [2.05, 4.69) is 10.9 Å². The second kappa shape index (κ2) is 6.09. The van der Waals surface area contributed by atoms with Crippen LogP contribution in [0.4, 0.5) is 4.39 Å². The summed E-state index contributed by atoms with van der Waals surface area (Å²) in [5.74, 6) is -0.532. The number of piperidine rings is 1. The van der Waals surface area contributed by atoms with Gasteiger partial charge in [-0.3, -0.25) is 10.2 Å². The Balaban J connectivity index is 1.77. The molecular formula is C15H21FN4O. The zero-order valence-electron chi connectivity index (χ0n) is 11.9. The van der Waals surface area contributed by atoms with Crippen molar-refractivity contribution in [1.82, 2.24) is 15.8 Å². The van der Waals surface area contributed by atoms with Gasteiger partial charge < -0.3 is 10.6 Å². The number of likely N-dealkylation sites (tertiary alicyclic amines) is 1. The summed E-state index contributed by atoms with van der Waals surface area (Å²) in [7, 11) is 0. The molecule has 0 radical (unpaired) electrons. The Labute approximate surface area is 123 Å². The van der Waals surface area contributed by atoms with Gasteiger partial charge in [0.05, 0.1) is 12.0 Å². The number of benzene rings is 1. The third-order valence-corrected chi connectivity index (χ3v) is 4.31. The van der Waals surface area contributed by atoms with Gasteiger partial charge in [-0.05, 0) is 18.9 Å². The van der Waals surface area contributed by atoms with E-state index in [1.54, 1.807) is 18.2 Å². The minimum atomic E-state index is -0.336. The summed E-state index contributed by atoms with van der Waals surface area (Å²) in [4.78, 5) is 14.5. The van der Waals surface area contributed by atoms with Crippen molar-refractivity contribution in [3.8, 4) is 0 Å². The Morgan fingerprint density at radius 3 is 2.95 bits per heavy atom. The summed E-state index contributed by atoms with van der Waals surface area (Å²) in [6.07, 6.45) is 1.90. The highest BCUT2D eigenvalue weighted by Crippen LogP contribution is 2.29. The van der Waals surface area contributed by atoms with Crippen molar-refractivity contribution in [2.75, 3.05) is 19.6 Å². The minimum Gasteiger partial charge on any atom is -0.341 e. The number of halogens is 1. The Kier molecular flexibility index (Phi) is 4.19. The molecule has 21 heavy (non-hydrogen) atoms. The van der Waals surface area contributed by atoms with Crippen LogP contribution < -0.4 is 16.6 Å². The van der Waals surface area contributed by atoms with Crippen LogP contribution in [0.3, 0.4) is 0 Å². The van der Waals surface area contributed by atoms with Crippen LogP contribution in [0.25, 0.3) is 0 Å². The normalized spacial score (nSPS) is 29.6. The summed E-state index contributed by atoms with van der Waals surface area (Å²) in [6.45, 7) is 1.84. The number of nitrogens with zero attached hydrogens (tertiary/aromatic N) is 1. The predicted octanol–water partition coefficient (Wildman–Crippen LogP) is 0.541. The highest BCUT2D eigenvalue weighted by molar-refractivity contribution is 5.80. The Morgan fingerprint density at radius 2 is 2.19 bits per heavy atom. The van der Waals surface area contributed by atoms with Crippen molar-refractivity contribution in [1.29, 1.82) is 0 Å². The van der Waals surface area contributed by atoms with Crippen molar-refractivity contribution in [2.45, 2.75) is 24.9 Å². The van der Waals surface area contributed by atoms with E-state index < -0.39 is 0 Å². The van der Waals surface area contributed by atoms with Gasteiger partial charge in [-0.15, -0.1) is 0 Å². The molecule has 2 saturated heterocycles. The summed E-state index contributed by atoms with van der Waals surface area (Å²) in [5.41, 5.74) is 12.5. The molecule has 2 aliphatic heterocycles. The fourth-order valence-electron chi connectivity index (χ4n) is 3.19. The van der Waals surface area contributed by atoms with Crippen molar-refractivity contribution in [3.05, 3.63) is 35.6 Å². The van der Waals surface area contributed by atoms with Gasteiger partial charge in [-0.2, -0.15) is 0 Å². The number of carbonyl (C=O) groups is 1. The number of hydrogen-bond donors (Lipinski definition) is 3. The standard InChI is InChI=1S/C15H21FN4O/c16-13-6-2-1-5-11(13)14-12(8-18-19-14)15(21)20-7-3-4-10(17)9-20/h1-2,5-6,10,12,14,18-19H,3-4,7-9,17H2. The number of rotatable bonds is 2. The lowest BCUT2D eigenvalue weighted by molar-refractivity contribution is -0.136. The largest absolute Gasteiger partial charge is 0.341 e. The van der Waals surface area contributed by atoms with Gasteiger partial charge in [0, 0.05) is 31.2 Å². The van der Waals surface area contributed by atoms with Crippen LogP contribution >= 0.6 is 0 Å². The van der Waals surface area contributed by atoms with Gasteiger partial charge in [0.2, 0.25) is 5.91 Å². The molecular weight excluding hydrogens is 271 g/mol. The zero-order chi connectivity index (χ0) is 14.8. The van der Waals surface area contributed by atoms with Gasteiger partial charge in [0.15, 0.2) is 0 Å². The van der Waals surface area contributed by atoms with E-state index in [0.717, 1.165) is 19.4 Å². The first kappa shape index (κ1) is 14.4. The van der Waals surface area contributed by atoms with Crippen molar-refractivity contribution in [3.63, 3.8) is 0 Å². The maximum absolute atomic E-state index is 14.0. The summed E-state index contributed by atoms with van der Waals surface area (Å²) in [6, 6.07) is 6.31. The van der Waals surface area contributed by atoms with Crippen LogP contribution in [0.1, 0.15) is 24.4 Å². The van der Waals surface area contributed by atoms with E-state index in [1.165, 1.54) is 6.07 Å². The second-order valence-corrected chi connectivity index (χ2v) is 5.82. The molecule has 1 aromatic carbocycles. The van der Waals surface area contributed by atoms with Crippen LogP contribution in [-0.4, -0.2) is 36.5 Å². The molecule has 0 saturated carbocycles. The van der Waals surface area contributed by atoms with E-state index in [-0.39, 0.29) is 29.7 Å². The van der Waals surface area contributed by atoms with Crippen LogP contribution in [0.2, 0.25) is 0 Å². The molecule has 2 aliphatic rings. The van der Waals surface area contributed by atoms with Gasteiger partial charge >= 0.3 is 0 Å². The van der Waals surface area contributed by atoms with Gasteiger partial charge in [0.25, 0.3) is 0 Å². The van der Waals surface area contributed by atoms with Gasteiger partial charge in [-0.1, -0.05) is 18.2 Å². The molecule has 0 bridgehead atoms. The van der Waals surface area contributed by atoms with E-state index >= 15 is 0 Å². The Bertz CT molecular complexity index is 524. The molecule has 2 heterocycles. The zero-order valence-corrected chi connectivity index (χ0v) is 11.9. The molecule has 5 nitrogen and oxygen atoms in total. The average Bonchev–Trinajstić information content (AvgIpc) is 2.96. The molecule has 3 rings (SSSR count). The molecule has 3 atom stereocenters. The fraction of sp³-hybridized carbons (Fsp3) is 0.533. The maximum atomic E-state index is 14.0. The molecule has 4 N–H and O–H groups in total. The topological polar surface area (TPSA) is 70.4 Å². The van der Waals surface area contributed by atoms with Crippen LogP contribution in [0, 0.1) is 11.7 Å². The lowest BCUT2D eigenvalue weighted by atomic mass is 9.92. The molecule has 114 valence electrons. The molecule has 1 aromatic rings. The molecule has 6 heteroatoms. The lowest BCUT2D eigenvalue weighted by Crippen LogP contribution is -2.48. The van der Waals surface area contributed by atoms with E-state index in [1.807, 2.05) is 4.90 Å². The SMILES string of the molecule is NC1CCCN(C(=O)C2CNNC2c2ccccc2F)C1.